The molecule has 1 heterocycles. The number of likely N-dealkylation sites (N-methyl/N-ethyl adjacent to an activating group) is 1. The van der Waals surface area contributed by atoms with Crippen LogP contribution >= 0.6 is 0 Å². The highest BCUT2D eigenvalue weighted by Gasteiger charge is 2.67. The van der Waals surface area contributed by atoms with Crippen molar-refractivity contribution in [3.05, 3.63) is 52.1 Å². The number of hydrogen-bond acceptors (Lipinski definition) is 10. The number of phenols is 1. The number of hydrogen-bond donors (Lipinski definition) is 4. The molecule has 11 nitrogen and oxygen atoms in total. The van der Waals surface area contributed by atoms with E-state index in [4.69, 9.17) is 15.2 Å². The number of fused-ring (bicyclic) bond motifs is 3. The van der Waals surface area contributed by atoms with Gasteiger partial charge in [-0.15, -0.1) is 0 Å². The largest absolute Gasteiger partial charge is 0.507 e. The molecule has 206 valence electrons. The number of allylic oxidation sites excluding steroid dienone is 2. The van der Waals surface area contributed by atoms with Crippen LogP contribution in [0.1, 0.15) is 28.7 Å². The Bertz CT molecular complexity index is 1410. The minimum atomic E-state index is -2.76. The summed E-state index contributed by atoms with van der Waals surface area (Å²) >= 11 is 0. The van der Waals surface area contributed by atoms with Gasteiger partial charge in [0.1, 0.15) is 23.9 Å². The van der Waals surface area contributed by atoms with E-state index in [0.29, 0.717) is 29.1 Å². The van der Waals surface area contributed by atoms with Gasteiger partial charge in [-0.3, -0.25) is 24.1 Å². The first kappa shape index (κ1) is 26.8. The van der Waals surface area contributed by atoms with E-state index in [0.717, 1.165) is 0 Å². The fourth-order valence-electron chi connectivity index (χ4n) is 6.56. The smallest absolute Gasteiger partial charge is 0.235 e. The molecule has 0 radical (unpaired) electrons. The summed E-state index contributed by atoms with van der Waals surface area (Å²) in [6, 6.07) is 0.557. The van der Waals surface area contributed by atoms with Crippen molar-refractivity contribution < 1.29 is 44.0 Å². The summed E-state index contributed by atoms with van der Waals surface area (Å²) in [7, 11) is 4.54. The number of methoxy groups -OCH3 is 1. The van der Waals surface area contributed by atoms with Crippen LogP contribution in [0.15, 0.2) is 29.9 Å². The molecule has 0 saturated heterocycles. The quantitative estimate of drug-likeness (QED) is 0.384. The van der Waals surface area contributed by atoms with Gasteiger partial charge in [-0.25, -0.2) is 0 Å². The van der Waals surface area contributed by atoms with Gasteiger partial charge in [0.05, 0.1) is 18.2 Å². The Morgan fingerprint density at radius 3 is 2.56 bits per heavy atom. The number of aliphatic hydroxyl groups excluding tert-OH is 1. The molecule has 0 spiro atoms. The van der Waals surface area contributed by atoms with Gasteiger partial charge in [0, 0.05) is 29.7 Å². The van der Waals surface area contributed by atoms with Crippen LogP contribution in [-0.2, 0) is 41.7 Å². The lowest BCUT2D eigenvalue weighted by Crippen LogP contribution is -2.72. The van der Waals surface area contributed by atoms with Crippen LogP contribution in [0.25, 0.3) is 11.5 Å². The number of nitrogens with two attached hydrogens (primary N) is 1. The van der Waals surface area contributed by atoms with E-state index in [9.17, 15) is 34.5 Å². The molecule has 0 aromatic heterocycles. The number of nitrogens with zero attached hydrogens (tertiary/aromatic N) is 1. The summed E-state index contributed by atoms with van der Waals surface area (Å²) in [5.41, 5.74) is 3.78. The zero-order chi connectivity index (χ0) is 28.4. The first-order valence-electron chi connectivity index (χ1n) is 12.6. The number of rotatable bonds is 5. The SMILES string of the molecule is COCc1cc(C2=CC=CCO2)c2c(c1O)C(O)=C1C(=O)[C@]3(O)C(=O)C(C(N)=O)C(=O)[C@@H](N(C)C)[C@@H]3C[C@@H]1C2. The molecule has 1 unspecified atom stereocenters. The number of aliphatic hydroxyl groups is 2. The van der Waals surface area contributed by atoms with E-state index in [1.807, 2.05) is 12.2 Å². The van der Waals surface area contributed by atoms with E-state index in [1.165, 1.54) is 12.0 Å². The Kier molecular flexibility index (Phi) is 6.48. The molecule has 4 aliphatic rings. The van der Waals surface area contributed by atoms with E-state index in [-0.39, 0.29) is 36.3 Å². The molecular weight excluding hydrogens is 508 g/mol. The van der Waals surface area contributed by atoms with Crippen molar-refractivity contribution in [3.8, 4) is 5.75 Å². The lowest BCUT2D eigenvalue weighted by atomic mass is 9.54. The maximum atomic E-state index is 14.0. The number of aromatic hydroxyl groups is 1. The predicted molar refractivity (Wildman–Crippen MR) is 137 cm³/mol. The molecule has 0 bridgehead atoms. The third-order valence-corrected chi connectivity index (χ3v) is 8.22. The van der Waals surface area contributed by atoms with Gasteiger partial charge in [0.25, 0.3) is 0 Å². The number of benzene rings is 1. The minimum absolute atomic E-state index is 0.00731. The standard InChI is InChI=1S/C28H30N2O9/c1-30(2)21-16-10-12-8-15-14(17-6-4-5-7-39-17)9-13(11-38-3)22(31)19(15)23(32)18(12)25(34)28(16,37)26(35)20(24(21)33)27(29)36/h4-6,9,12,16,20-21,31-32,37H,7-8,10-11H2,1-3H3,(H2,29,36)/t12-,16-,20?,21-,28-/m0/s1. The van der Waals surface area contributed by atoms with Gasteiger partial charge in [0.15, 0.2) is 23.1 Å². The van der Waals surface area contributed by atoms with Crippen LogP contribution in [0.3, 0.4) is 0 Å². The molecule has 5 rings (SSSR count). The predicted octanol–water partition coefficient (Wildman–Crippen LogP) is 0.411. The second kappa shape index (κ2) is 9.44. The Morgan fingerprint density at radius 1 is 1.26 bits per heavy atom. The molecule has 3 aliphatic carbocycles. The highest BCUT2D eigenvalue weighted by atomic mass is 16.5. The molecule has 39 heavy (non-hydrogen) atoms. The van der Waals surface area contributed by atoms with Gasteiger partial charge in [0.2, 0.25) is 11.7 Å². The van der Waals surface area contributed by atoms with Gasteiger partial charge in [-0.05, 0) is 56.6 Å². The van der Waals surface area contributed by atoms with Crippen LogP contribution in [0.2, 0.25) is 0 Å². The Labute approximate surface area is 224 Å². The summed E-state index contributed by atoms with van der Waals surface area (Å²) in [5.74, 6) is -8.70. The first-order chi connectivity index (χ1) is 18.4. The fourth-order valence-corrected chi connectivity index (χ4v) is 6.56. The maximum Gasteiger partial charge on any atom is 0.235 e. The van der Waals surface area contributed by atoms with Gasteiger partial charge in [-0.1, -0.05) is 6.08 Å². The number of primary amides is 1. The normalized spacial score (nSPS) is 30.0. The number of carbonyl (C=O) groups is 4. The van der Waals surface area contributed by atoms with Crippen molar-refractivity contribution in [2.45, 2.75) is 31.1 Å². The van der Waals surface area contributed by atoms with Crippen molar-refractivity contribution >= 4 is 34.8 Å². The van der Waals surface area contributed by atoms with Crippen molar-refractivity contribution in [2.75, 3.05) is 27.8 Å². The monoisotopic (exact) mass is 538 g/mol. The number of ether oxygens (including phenoxy) is 2. The van der Waals surface area contributed by atoms with Crippen molar-refractivity contribution in [1.82, 2.24) is 4.90 Å². The fraction of sp³-hybridized carbons (Fsp3) is 0.429. The minimum Gasteiger partial charge on any atom is -0.507 e. The summed E-state index contributed by atoms with van der Waals surface area (Å²) in [5, 5.41) is 34.4. The third kappa shape index (κ3) is 3.75. The van der Waals surface area contributed by atoms with Crippen molar-refractivity contribution in [1.29, 1.82) is 0 Å². The number of Topliss-reactive ketones (excluding diaryl/α,β-unsaturated/α-hetero) is 3. The average molecular weight is 539 g/mol. The van der Waals surface area contributed by atoms with Crippen LogP contribution in [0.4, 0.5) is 0 Å². The second-order valence-electron chi connectivity index (χ2n) is 10.6. The topological polar surface area (TPSA) is 177 Å². The van der Waals surface area contributed by atoms with Gasteiger partial charge in [-0.2, -0.15) is 0 Å². The average Bonchev–Trinajstić information content (AvgIpc) is 2.88. The summed E-state index contributed by atoms with van der Waals surface area (Å²) in [4.78, 5) is 54.2. The molecular formula is C28H30N2O9. The summed E-state index contributed by atoms with van der Waals surface area (Å²) in [6.07, 6.45) is 5.51. The first-order valence-corrected chi connectivity index (χ1v) is 12.6. The maximum absolute atomic E-state index is 14.0. The third-order valence-electron chi connectivity index (χ3n) is 8.22. The Balaban J connectivity index is 1.73. The number of phenolic OH excluding ortho intramolecular Hbond substituents is 1. The van der Waals surface area contributed by atoms with Crippen molar-refractivity contribution in [3.63, 3.8) is 0 Å². The highest BCUT2D eigenvalue weighted by molar-refractivity contribution is 6.32. The lowest BCUT2D eigenvalue weighted by Gasteiger charge is -2.51. The zero-order valence-electron chi connectivity index (χ0n) is 21.8. The Hall–Kier alpha value is -3.80. The number of carbonyl (C=O) groups excluding carboxylic acids is 4. The molecule has 5 N–H and O–H groups in total. The number of ketones is 3. The van der Waals surface area contributed by atoms with Crippen LogP contribution < -0.4 is 5.73 Å². The van der Waals surface area contributed by atoms with Gasteiger partial charge >= 0.3 is 0 Å². The van der Waals surface area contributed by atoms with Crippen molar-refractivity contribution in [2.24, 2.45) is 23.5 Å². The molecule has 2 saturated carbocycles. The molecule has 1 aliphatic heterocycles. The van der Waals surface area contributed by atoms with E-state index in [1.54, 1.807) is 26.2 Å². The van der Waals surface area contributed by atoms with E-state index < -0.39 is 58.4 Å². The second-order valence-corrected chi connectivity index (χ2v) is 10.6. The molecule has 11 heteroatoms. The zero-order valence-corrected chi connectivity index (χ0v) is 21.8. The van der Waals surface area contributed by atoms with Gasteiger partial charge < -0.3 is 30.5 Å². The van der Waals surface area contributed by atoms with E-state index >= 15 is 0 Å². The van der Waals surface area contributed by atoms with Crippen LogP contribution in [0, 0.1) is 17.8 Å². The highest BCUT2D eigenvalue weighted by Crippen LogP contribution is 2.53. The van der Waals surface area contributed by atoms with Crippen LogP contribution in [-0.4, -0.2) is 82.9 Å². The summed E-state index contributed by atoms with van der Waals surface area (Å²) < 4.78 is 11.0. The lowest BCUT2D eigenvalue weighted by molar-refractivity contribution is -0.175. The molecule has 1 aromatic carbocycles. The molecule has 2 fully saturated rings. The molecule has 1 amide bonds. The molecule has 1 aromatic rings. The molecule has 5 atom stereocenters. The number of amides is 1. The van der Waals surface area contributed by atoms with Crippen LogP contribution in [0.5, 0.6) is 5.75 Å². The Morgan fingerprint density at radius 2 is 1.97 bits per heavy atom. The summed E-state index contributed by atoms with van der Waals surface area (Å²) in [6.45, 7) is 0.313. The van der Waals surface area contributed by atoms with E-state index in [2.05, 4.69) is 0 Å².